The first-order valence-electron chi connectivity index (χ1n) is 6.98. The van der Waals surface area contributed by atoms with E-state index in [0.29, 0.717) is 5.69 Å². The van der Waals surface area contributed by atoms with Crippen molar-refractivity contribution in [3.63, 3.8) is 0 Å². The number of amides is 1. The molecule has 1 aliphatic heterocycles. The number of hydrogen-bond donors (Lipinski definition) is 0. The molecule has 1 amide bonds. The molecule has 8 heteroatoms. The highest BCUT2D eigenvalue weighted by Crippen LogP contribution is 2.47. The van der Waals surface area contributed by atoms with Gasteiger partial charge >= 0.3 is 0 Å². The molecule has 0 N–H and O–H groups in total. The maximum Gasteiger partial charge on any atom is 0.275 e. The third-order valence-corrected chi connectivity index (χ3v) is 3.90. The van der Waals surface area contributed by atoms with Crippen LogP contribution in [0.15, 0.2) is 36.4 Å². The minimum atomic E-state index is -1.26. The molecular weight excluding hydrogens is 339 g/mol. The Balaban J connectivity index is 2.25. The second-order valence-corrected chi connectivity index (χ2v) is 6.17. The van der Waals surface area contributed by atoms with Crippen LogP contribution in [0.2, 0.25) is 5.02 Å². The number of carbonyl (C=O) groups excluding carboxylic acids is 1. The molecule has 0 spiro atoms. The van der Waals surface area contributed by atoms with Gasteiger partial charge in [0.25, 0.3) is 11.6 Å². The molecule has 0 aromatic heterocycles. The molecule has 3 rings (SSSR count). The average molecular weight is 351 g/mol. The summed E-state index contributed by atoms with van der Waals surface area (Å²) in [6, 6.07) is 7.64. The van der Waals surface area contributed by atoms with E-state index >= 15 is 0 Å². The lowest BCUT2D eigenvalue weighted by atomic mass is 10.0. The molecule has 1 heterocycles. The van der Waals surface area contributed by atoms with Gasteiger partial charge in [-0.2, -0.15) is 0 Å². The van der Waals surface area contributed by atoms with Gasteiger partial charge in [-0.25, -0.2) is 4.39 Å². The van der Waals surface area contributed by atoms with E-state index in [1.807, 2.05) is 0 Å². The van der Waals surface area contributed by atoms with Gasteiger partial charge < -0.3 is 4.74 Å². The fourth-order valence-electron chi connectivity index (χ4n) is 2.49. The van der Waals surface area contributed by atoms with E-state index in [-0.39, 0.29) is 22.1 Å². The summed E-state index contributed by atoms with van der Waals surface area (Å²) in [6.07, 6.45) is 0. The second kappa shape index (κ2) is 5.45. The summed E-state index contributed by atoms with van der Waals surface area (Å²) in [5.41, 5.74) is -0.934. The molecule has 0 saturated heterocycles. The van der Waals surface area contributed by atoms with Gasteiger partial charge in [-0.15, -0.1) is 0 Å². The van der Waals surface area contributed by atoms with Gasteiger partial charge in [0.05, 0.1) is 16.0 Å². The molecule has 0 bridgehead atoms. The van der Waals surface area contributed by atoms with E-state index in [4.69, 9.17) is 16.3 Å². The predicted molar refractivity (Wildman–Crippen MR) is 86.4 cm³/mol. The third-order valence-electron chi connectivity index (χ3n) is 3.62. The van der Waals surface area contributed by atoms with Crippen molar-refractivity contribution < 1.29 is 18.8 Å². The van der Waals surface area contributed by atoms with Gasteiger partial charge in [-0.1, -0.05) is 11.6 Å². The van der Waals surface area contributed by atoms with E-state index in [2.05, 4.69) is 0 Å². The SMILES string of the molecule is CC1(C)Oc2cc([N+](=O)[O-])cc(Cl)c2N(c2ccc(F)cc2)C1=O. The number of nitro benzene ring substituents is 1. The Morgan fingerprint density at radius 1 is 1.25 bits per heavy atom. The number of fused-ring (bicyclic) bond motifs is 1. The first kappa shape index (κ1) is 16.2. The molecule has 0 radical (unpaired) electrons. The number of ether oxygens (including phenoxy) is 1. The summed E-state index contributed by atoms with van der Waals surface area (Å²) in [4.78, 5) is 24.5. The number of carbonyl (C=O) groups is 1. The lowest BCUT2D eigenvalue weighted by Gasteiger charge is -2.39. The van der Waals surface area contributed by atoms with E-state index in [1.165, 1.54) is 35.2 Å². The van der Waals surface area contributed by atoms with Crippen molar-refractivity contribution in [3.05, 3.63) is 57.4 Å². The maximum atomic E-state index is 13.2. The van der Waals surface area contributed by atoms with Crippen LogP contribution in [0.3, 0.4) is 0 Å². The van der Waals surface area contributed by atoms with Gasteiger partial charge in [0.1, 0.15) is 11.5 Å². The zero-order chi connectivity index (χ0) is 17.6. The molecule has 0 saturated carbocycles. The van der Waals surface area contributed by atoms with Gasteiger partial charge in [-0.05, 0) is 38.1 Å². The highest BCUT2D eigenvalue weighted by atomic mass is 35.5. The monoisotopic (exact) mass is 350 g/mol. The van der Waals surface area contributed by atoms with E-state index in [9.17, 15) is 19.3 Å². The summed E-state index contributed by atoms with van der Waals surface area (Å²) in [5, 5.41) is 11.0. The fourth-order valence-corrected chi connectivity index (χ4v) is 2.78. The molecule has 6 nitrogen and oxygen atoms in total. The van der Waals surface area contributed by atoms with Crippen molar-refractivity contribution >= 4 is 34.6 Å². The topological polar surface area (TPSA) is 72.7 Å². The number of benzene rings is 2. The average Bonchev–Trinajstić information content (AvgIpc) is 2.49. The lowest BCUT2D eigenvalue weighted by molar-refractivity contribution is -0.384. The first-order chi connectivity index (χ1) is 11.2. The Labute approximate surface area is 141 Å². The maximum absolute atomic E-state index is 13.2. The van der Waals surface area contributed by atoms with Gasteiger partial charge in [0.2, 0.25) is 0 Å². The molecular formula is C16H12ClFN2O4. The summed E-state index contributed by atoms with van der Waals surface area (Å²) >= 11 is 6.17. The van der Waals surface area contributed by atoms with Crippen molar-refractivity contribution in [2.45, 2.75) is 19.4 Å². The Morgan fingerprint density at radius 3 is 2.46 bits per heavy atom. The molecule has 0 fully saturated rings. The lowest BCUT2D eigenvalue weighted by Crippen LogP contribution is -2.50. The third kappa shape index (κ3) is 2.56. The molecule has 0 aliphatic carbocycles. The normalized spacial score (nSPS) is 15.7. The highest BCUT2D eigenvalue weighted by molar-refractivity contribution is 6.35. The Bertz CT molecular complexity index is 852. The Kier molecular flexibility index (Phi) is 3.68. The van der Waals surface area contributed by atoms with Crippen LogP contribution in [0.1, 0.15) is 13.8 Å². The van der Waals surface area contributed by atoms with Crippen molar-refractivity contribution in [1.82, 2.24) is 0 Å². The minimum Gasteiger partial charge on any atom is -0.475 e. The van der Waals surface area contributed by atoms with Crippen LogP contribution < -0.4 is 9.64 Å². The van der Waals surface area contributed by atoms with Gasteiger partial charge in [-0.3, -0.25) is 19.8 Å². The number of anilines is 2. The smallest absolute Gasteiger partial charge is 0.275 e. The van der Waals surface area contributed by atoms with E-state index in [0.717, 1.165) is 6.07 Å². The molecule has 2 aromatic rings. The van der Waals surface area contributed by atoms with Gasteiger partial charge in [0.15, 0.2) is 11.4 Å². The molecule has 2 aromatic carbocycles. The Hall–Kier alpha value is -2.67. The number of hydrogen-bond acceptors (Lipinski definition) is 4. The van der Waals surface area contributed by atoms with Crippen LogP contribution in [-0.4, -0.2) is 16.4 Å². The van der Waals surface area contributed by atoms with Crippen LogP contribution in [0, 0.1) is 15.9 Å². The number of nitrogens with zero attached hydrogens (tertiary/aromatic N) is 2. The van der Waals surface area contributed by atoms with Crippen molar-refractivity contribution in [2.75, 3.05) is 4.90 Å². The minimum absolute atomic E-state index is 0.00706. The predicted octanol–water partition coefficient (Wildman–Crippen LogP) is 4.22. The van der Waals surface area contributed by atoms with Crippen molar-refractivity contribution in [3.8, 4) is 5.75 Å². The van der Waals surface area contributed by atoms with Crippen LogP contribution in [0.5, 0.6) is 5.75 Å². The number of halogens is 2. The Morgan fingerprint density at radius 2 is 1.88 bits per heavy atom. The second-order valence-electron chi connectivity index (χ2n) is 5.76. The molecule has 0 atom stereocenters. The number of rotatable bonds is 2. The van der Waals surface area contributed by atoms with Crippen LogP contribution in [0.25, 0.3) is 0 Å². The largest absolute Gasteiger partial charge is 0.475 e. The first-order valence-corrected chi connectivity index (χ1v) is 7.35. The standard InChI is InChI=1S/C16H12ClFN2O4/c1-16(2)15(21)19(10-5-3-9(18)4-6-10)14-12(17)7-11(20(22)23)8-13(14)24-16/h3-8H,1-2H3. The van der Waals surface area contributed by atoms with Crippen molar-refractivity contribution in [1.29, 1.82) is 0 Å². The van der Waals surface area contributed by atoms with Crippen LogP contribution in [0.4, 0.5) is 21.5 Å². The molecule has 124 valence electrons. The zero-order valence-corrected chi connectivity index (χ0v) is 13.5. The van der Waals surface area contributed by atoms with Crippen molar-refractivity contribution in [2.24, 2.45) is 0 Å². The number of nitro groups is 1. The summed E-state index contributed by atoms with van der Waals surface area (Å²) in [7, 11) is 0. The molecule has 24 heavy (non-hydrogen) atoms. The highest BCUT2D eigenvalue weighted by Gasteiger charge is 2.43. The summed E-state index contributed by atoms with van der Waals surface area (Å²) < 4.78 is 18.8. The number of non-ortho nitro benzene ring substituents is 1. The zero-order valence-electron chi connectivity index (χ0n) is 12.7. The van der Waals surface area contributed by atoms with Gasteiger partial charge in [0, 0.05) is 11.8 Å². The van der Waals surface area contributed by atoms with Crippen LogP contribution in [-0.2, 0) is 4.79 Å². The summed E-state index contributed by atoms with van der Waals surface area (Å²) in [6.45, 7) is 3.09. The molecule has 1 aliphatic rings. The van der Waals surface area contributed by atoms with Crippen LogP contribution >= 0.6 is 11.6 Å². The van der Waals surface area contributed by atoms with E-state index < -0.39 is 22.2 Å². The molecule has 0 unspecified atom stereocenters. The summed E-state index contributed by atoms with van der Waals surface area (Å²) in [5.74, 6) is -0.755. The quantitative estimate of drug-likeness (QED) is 0.600. The van der Waals surface area contributed by atoms with E-state index in [1.54, 1.807) is 13.8 Å². The fraction of sp³-hybridized carbons (Fsp3) is 0.188.